The molecule has 0 fully saturated rings. The van der Waals surface area contributed by atoms with Crippen molar-refractivity contribution in [3.05, 3.63) is 61.5 Å². The van der Waals surface area contributed by atoms with Crippen LogP contribution >= 0.6 is 43.5 Å². The first-order valence-corrected chi connectivity index (χ1v) is 7.64. The normalized spacial score (nSPS) is 10.3. The maximum absolute atomic E-state index is 10.9. The van der Waals surface area contributed by atoms with E-state index < -0.39 is 5.97 Å². The third-order valence-corrected chi connectivity index (χ3v) is 4.36. The highest BCUT2D eigenvalue weighted by atomic mass is 79.9. The first-order chi connectivity index (χ1) is 9.47. The van der Waals surface area contributed by atoms with E-state index in [4.69, 9.17) is 16.7 Å². The van der Waals surface area contributed by atoms with Crippen LogP contribution in [0.4, 0.5) is 5.69 Å². The zero-order valence-corrected chi connectivity index (χ0v) is 14.1. The van der Waals surface area contributed by atoms with Crippen LogP contribution in [-0.4, -0.2) is 11.1 Å². The van der Waals surface area contributed by atoms with Gasteiger partial charge in [0.05, 0.1) is 11.3 Å². The lowest BCUT2D eigenvalue weighted by molar-refractivity contribution is 0.0697. The third-order valence-electron chi connectivity index (χ3n) is 2.70. The molecule has 0 aliphatic carbocycles. The minimum Gasteiger partial charge on any atom is -0.478 e. The van der Waals surface area contributed by atoms with Crippen molar-refractivity contribution in [2.75, 3.05) is 5.32 Å². The van der Waals surface area contributed by atoms with Gasteiger partial charge in [-0.1, -0.05) is 33.6 Å². The maximum atomic E-state index is 10.9. The van der Waals surface area contributed by atoms with E-state index in [9.17, 15) is 4.79 Å². The Bertz CT molecular complexity index is 662. The number of carboxylic acids is 1. The third kappa shape index (κ3) is 3.75. The molecule has 20 heavy (non-hydrogen) atoms. The summed E-state index contributed by atoms with van der Waals surface area (Å²) in [5.41, 5.74) is 2.10. The number of aromatic carboxylic acids is 1. The van der Waals surface area contributed by atoms with Crippen LogP contribution in [0.2, 0.25) is 5.02 Å². The van der Waals surface area contributed by atoms with Crippen molar-refractivity contribution in [3.63, 3.8) is 0 Å². The van der Waals surface area contributed by atoms with Crippen molar-refractivity contribution in [2.45, 2.75) is 6.54 Å². The first-order valence-electron chi connectivity index (χ1n) is 5.68. The van der Waals surface area contributed by atoms with Gasteiger partial charge >= 0.3 is 5.97 Å². The Morgan fingerprint density at radius 1 is 1.15 bits per heavy atom. The fraction of sp³-hybridized carbons (Fsp3) is 0.0714. The number of carbonyl (C=O) groups is 1. The quantitative estimate of drug-likeness (QED) is 0.718. The highest BCUT2D eigenvalue weighted by Crippen LogP contribution is 2.27. The number of nitrogens with one attached hydrogen (secondary N) is 1. The molecule has 0 unspecified atom stereocenters. The molecule has 104 valence electrons. The highest BCUT2D eigenvalue weighted by molar-refractivity contribution is 9.11. The summed E-state index contributed by atoms with van der Waals surface area (Å²) in [5.74, 6) is -0.942. The number of anilines is 1. The Morgan fingerprint density at radius 2 is 1.90 bits per heavy atom. The number of hydrogen-bond acceptors (Lipinski definition) is 2. The van der Waals surface area contributed by atoms with Gasteiger partial charge in [-0.15, -0.1) is 0 Å². The van der Waals surface area contributed by atoms with Crippen molar-refractivity contribution in [2.24, 2.45) is 0 Å². The molecule has 2 rings (SSSR count). The van der Waals surface area contributed by atoms with E-state index >= 15 is 0 Å². The minimum atomic E-state index is -0.942. The van der Waals surface area contributed by atoms with Gasteiger partial charge in [-0.05, 0) is 51.8 Å². The molecular weight excluding hydrogens is 409 g/mol. The van der Waals surface area contributed by atoms with Gasteiger partial charge in [0, 0.05) is 20.5 Å². The van der Waals surface area contributed by atoms with E-state index in [1.54, 1.807) is 24.3 Å². The summed E-state index contributed by atoms with van der Waals surface area (Å²) in [6.07, 6.45) is 0. The molecule has 0 spiro atoms. The first kappa shape index (κ1) is 15.4. The molecule has 0 aliphatic heterocycles. The van der Waals surface area contributed by atoms with E-state index in [2.05, 4.69) is 37.2 Å². The second kappa shape index (κ2) is 6.61. The molecule has 0 aromatic heterocycles. The number of benzene rings is 2. The molecule has 0 bridgehead atoms. The van der Waals surface area contributed by atoms with Crippen molar-refractivity contribution in [1.82, 2.24) is 0 Å². The molecule has 0 heterocycles. The molecule has 2 aromatic carbocycles. The Labute approximate surface area is 138 Å². The van der Waals surface area contributed by atoms with E-state index in [1.165, 1.54) is 0 Å². The molecule has 0 radical (unpaired) electrons. The zero-order chi connectivity index (χ0) is 14.7. The highest BCUT2D eigenvalue weighted by Gasteiger charge is 2.07. The minimum absolute atomic E-state index is 0.254. The van der Waals surface area contributed by atoms with Crippen molar-refractivity contribution < 1.29 is 9.90 Å². The molecule has 0 saturated carbocycles. The van der Waals surface area contributed by atoms with Crippen LogP contribution < -0.4 is 5.32 Å². The van der Waals surface area contributed by atoms with Crippen LogP contribution in [-0.2, 0) is 6.54 Å². The average molecular weight is 420 g/mol. The van der Waals surface area contributed by atoms with Gasteiger partial charge in [-0.25, -0.2) is 4.79 Å². The summed E-state index contributed by atoms with van der Waals surface area (Å²) < 4.78 is 1.67. The van der Waals surface area contributed by atoms with Crippen LogP contribution in [0, 0.1) is 0 Å². The van der Waals surface area contributed by atoms with Crippen molar-refractivity contribution in [1.29, 1.82) is 0 Å². The lowest BCUT2D eigenvalue weighted by Gasteiger charge is -2.11. The van der Waals surface area contributed by atoms with Gasteiger partial charge in [0.2, 0.25) is 0 Å². The molecular formula is C14H10Br2ClNO2. The second-order valence-corrected chi connectivity index (χ2v) is 6.23. The molecule has 6 heteroatoms. The molecule has 2 N–H and O–H groups in total. The Hall–Kier alpha value is -1.04. The van der Waals surface area contributed by atoms with Gasteiger partial charge in [0.15, 0.2) is 0 Å². The van der Waals surface area contributed by atoms with Gasteiger partial charge in [0.25, 0.3) is 0 Å². The van der Waals surface area contributed by atoms with Gasteiger partial charge in [-0.3, -0.25) is 0 Å². The van der Waals surface area contributed by atoms with Gasteiger partial charge in [0.1, 0.15) is 0 Å². The van der Waals surface area contributed by atoms with Crippen LogP contribution in [0.1, 0.15) is 15.9 Å². The number of hydrogen-bond donors (Lipinski definition) is 2. The summed E-state index contributed by atoms with van der Waals surface area (Å²) in [5, 5.41) is 12.8. The van der Waals surface area contributed by atoms with E-state index in [0.29, 0.717) is 11.6 Å². The van der Waals surface area contributed by atoms with Crippen LogP contribution in [0.5, 0.6) is 0 Å². The molecule has 0 saturated heterocycles. The zero-order valence-electron chi connectivity index (χ0n) is 10.2. The van der Waals surface area contributed by atoms with Crippen LogP contribution in [0.15, 0.2) is 45.3 Å². The number of carboxylic acid groups (broad SMARTS) is 1. The summed E-state index contributed by atoms with van der Waals surface area (Å²) >= 11 is 12.8. The predicted octanol–water partition coefficient (Wildman–Crippen LogP) is 5.18. The smallest absolute Gasteiger partial charge is 0.335 e. The van der Waals surface area contributed by atoms with Crippen LogP contribution in [0.25, 0.3) is 0 Å². The monoisotopic (exact) mass is 417 g/mol. The van der Waals surface area contributed by atoms with E-state index in [1.807, 2.05) is 12.1 Å². The fourth-order valence-electron chi connectivity index (χ4n) is 1.65. The second-order valence-electron chi connectivity index (χ2n) is 4.09. The van der Waals surface area contributed by atoms with Crippen LogP contribution in [0.3, 0.4) is 0 Å². The molecule has 0 amide bonds. The topological polar surface area (TPSA) is 49.3 Å². The average Bonchev–Trinajstić information content (AvgIpc) is 2.40. The Kier molecular flexibility index (Phi) is 5.07. The van der Waals surface area contributed by atoms with E-state index in [-0.39, 0.29) is 5.56 Å². The summed E-state index contributed by atoms with van der Waals surface area (Å²) in [7, 11) is 0. The largest absolute Gasteiger partial charge is 0.478 e. The van der Waals surface area contributed by atoms with E-state index in [0.717, 1.165) is 20.2 Å². The number of rotatable bonds is 4. The number of halogens is 3. The maximum Gasteiger partial charge on any atom is 0.335 e. The lowest BCUT2D eigenvalue weighted by Crippen LogP contribution is -2.03. The summed E-state index contributed by atoms with van der Waals surface area (Å²) in [4.78, 5) is 10.9. The summed E-state index contributed by atoms with van der Waals surface area (Å²) in [6, 6.07) is 10.4. The lowest BCUT2D eigenvalue weighted by atomic mass is 10.1. The SMILES string of the molecule is O=C(O)c1ccc(CNc2cc(Cl)ccc2Br)c(Br)c1. The van der Waals surface area contributed by atoms with Gasteiger partial charge < -0.3 is 10.4 Å². The fourth-order valence-corrected chi connectivity index (χ4v) is 2.73. The molecule has 0 atom stereocenters. The van der Waals surface area contributed by atoms with Crippen molar-refractivity contribution >= 4 is 55.1 Å². The summed E-state index contributed by atoms with van der Waals surface area (Å²) in [6.45, 7) is 0.555. The molecule has 3 nitrogen and oxygen atoms in total. The Morgan fingerprint density at radius 3 is 2.55 bits per heavy atom. The van der Waals surface area contributed by atoms with Crippen molar-refractivity contribution in [3.8, 4) is 0 Å². The standard InChI is InChI=1S/C14H10Br2ClNO2/c15-11-4-3-10(17)6-13(11)18-7-9-2-1-8(14(19)20)5-12(9)16/h1-6,18H,7H2,(H,19,20). The molecule has 0 aliphatic rings. The van der Waals surface area contributed by atoms with Gasteiger partial charge in [-0.2, -0.15) is 0 Å². The predicted molar refractivity (Wildman–Crippen MR) is 87.6 cm³/mol. The molecule has 2 aromatic rings. The Balaban J connectivity index is 2.15.